The number of aromatic nitrogens is 1. The minimum absolute atomic E-state index is 0.254. The zero-order chi connectivity index (χ0) is 18.2. The van der Waals surface area contributed by atoms with Gasteiger partial charge in [-0.2, -0.15) is 0 Å². The van der Waals surface area contributed by atoms with E-state index in [2.05, 4.69) is 29.0 Å². The lowest BCUT2D eigenvalue weighted by atomic mass is 10.0. The van der Waals surface area contributed by atoms with E-state index in [4.69, 9.17) is 9.47 Å². The molecule has 2 aromatic rings. The first-order valence-electron chi connectivity index (χ1n) is 8.59. The Hall–Kier alpha value is -2.43. The number of hydrogen-bond donors (Lipinski definition) is 0. The normalized spacial score (nSPS) is 15.2. The van der Waals surface area contributed by atoms with Crippen LogP contribution in [-0.4, -0.2) is 41.4 Å². The standard InChI is InChI=1S/C20H26N2O3/c1-20(2,3)25-19(23)22-10-6-7-14(12-22)17-13-21(4)18-9-8-15(24-5)11-16(17)18/h7-9,11,13H,6,10,12H2,1-5H3. The Kier molecular flexibility index (Phi) is 4.50. The van der Waals surface area contributed by atoms with E-state index in [0.717, 1.165) is 34.2 Å². The van der Waals surface area contributed by atoms with Crippen molar-refractivity contribution in [3.05, 3.63) is 36.0 Å². The highest BCUT2D eigenvalue weighted by Gasteiger charge is 2.25. The molecule has 0 saturated carbocycles. The van der Waals surface area contributed by atoms with Crippen LogP contribution in [0.4, 0.5) is 4.79 Å². The summed E-state index contributed by atoms with van der Waals surface area (Å²) in [5.41, 5.74) is 2.96. The number of carbonyl (C=O) groups is 1. The number of amides is 1. The molecule has 0 radical (unpaired) electrons. The highest BCUT2D eigenvalue weighted by atomic mass is 16.6. The van der Waals surface area contributed by atoms with Crippen LogP contribution in [0.15, 0.2) is 30.5 Å². The lowest BCUT2D eigenvalue weighted by Crippen LogP contribution is -2.39. The van der Waals surface area contributed by atoms with Crippen molar-refractivity contribution < 1.29 is 14.3 Å². The van der Waals surface area contributed by atoms with E-state index in [9.17, 15) is 4.79 Å². The van der Waals surface area contributed by atoms with Crippen LogP contribution in [0.1, 0.15) is 32.8 Å². The van der Waals surface area contributed by atoms with Crippen molar-refractivity contribution >= 4 is 22.6 Å². The molecule has 3 rings (SSSR count). The number of methoxy groups -OCH3 is 1. The first kappa shape index (κ1) is 17.4. The van der Waals surface area contributed by atoms with Gasteiger partial charge in [-0.3, -0.25) is 0 Å². The van der Waals surface area contributed by atoms with Crippen LogP contribution in [0.3, 0.4) is 0 Å². The predicted octanol–water partition coefficient (Wildman–Crippen LogP) is 4.21. The quantitative estimate of drug-likeness (QED) is 0.821. The van der Waals surface area contributed by atoms with E-state index in [-0.39, 0.29) is 6.09 Å². The van der Waals surface area contributed by atoms with E-state index in [1.807, 2.05) is 33.9 Å². The summed E-state index contributed by atoms with van der Waals surface area (Å²) in [5, 5.41) is 1.14. The van der Waals surface area contributed by atoms with Gasteiger partial charge in [-0.05, 0) is 51.0 Å². The smallest absolute Gasteiger partial charge is 0.410 e. The summed E-state index contributed by atoms with van der Waals surface area (Å²) < 4.78 is 13.0. The fraction of sp³-hybridized carbons (Fsp3) is 0.450. The van der Waals surface area contributed by atoms with Crippen molar-refractivity contribution in [2.45, 2.75) is 32.8 Å². The van der Waals surface area contributed by atoms with Crippen molar-refractivity contribution in [3.63, 3.8) is 0 Å². The third-order valence-electron chi connectivity index (χ3n) is 4.35. The van der Waals surface area contributed by atoms with E-state index < -0.39 is 5.60 Å². The number of aryl methyl sites for hydroxylation is 1. The Balaban J connectivity index is 1.90. The Morgan fingerprint density at radius 2 is 2.00 bits per heavy atom. The van der Waals surface area contributed by atoms with Gasteiger partial charge in [-0.1, -0.05) is 6.08 Å². The van der Waals surface area contributed by atoms with Gasteiger partial charge in [0.15, 0.2) is 0 Å². The molecule has 0 bridgehead atoms. The number of benzene rings is 1. The molecule has 5 nitrogen and oxygen atoms in total. The third-order valence-corrected chi connectivity index (χ3v) is 4.35. The molecule has 2 heterocycles. The van der Waals surface area contributed by atoms with E-state index in [1.165, 1.54) is 0 Å². The fourth-order valence-electron chi connectivity index (χ4n) is 3.18. The first-order valence-corrected chi connectivity index (χ1v) is 8.59. The Bertz CT molecular complexity index is 827. The van der Waals surface area contributed by atoms with E-state index in [0.29, 0.717) is 13.1 Å². The second kappa shape index (κ2) is 6.47. The average molecular weight is 342 g/mol. The predicted molar refractivity (Wildman–Crippen MR) is 99.9 cm³/mol. The minimum Gasteiger partial charge on any atom is -0.497 e. The largest absolute Gasteiger partial charge is 0.497 e. The van der Waals surface area contributed by atoms with Gasteiger partial charge in [-0.25, -0.2) is 4.79 Å². The lowest BCUT2D eigenvalue weighted by molar-refractivity contribution is 0.0273. The number of ether oxygens (including phenoxy) is 2. The molecule has 5 heteroatoms. The molecule has 134 valence electrons. The van der Waals surface area contributed by atoms with Crippen molar-refractivity contribution in [2.75, 3.05) is 20.2 Å². The molecule has 0 unspecified atom stereocenters. The summed E-state index contributed by atoms with van der Waals surface area (Å²) in [6, 6.07) is 6.08. The van der Waals surface area contributed by atoms with Gasteiger partial charge in [0.05, 0.1) is 7.11 Å². The summed E-state index contributed by atoms with van der Waals surface area (Å²) in [6.07, 6.45) is 4.91. The number of fused-ring (bicyclic) bond motifs is 1. The Labute approximate surface area is 148 Å². The number of nitrogens with zero attached hydrogens (tertiary/aromatic N) is 2. The molecule has 0 saturated heterocycles. The van der Waals surface area contributed by atoms with Crippen LogP contribution in [-0.2, 0) is 11.8 Å². The molecule has 1 amide bonds. The summed E-state index contributed by atoms with van der Waals surface area (Å²) in [6.45, 7) is 6.92. The van der Waals surface area contributed by atoms with Crippen LogP contribution < -0.4 is 4.74 Å². The average Bonchev–Trinajstić information content (AvgIpc) is 2.90. The van der Waals surface area contributed by atoms with Crippen molar-refractivity contribution in [1.29, 1.82) is 0 Å². The molecule has 1 aliphatic rings. The highest BCUT2D eigenvalue weighted by molar-refractivity contribution is 5.95. The highest BCUT2D eigenvalue weighted by Crippen LogP contribution is 2.32. The van der Waals surface area contributed by atoms with Crippen molar-refractivity contribution in [1.82, 2.24) is 9.47 Å². The van der Waals surface area contributed by atoms with Gasteiger partial charge in [0, 0.05) is 42.8 Å². The molecule has 0 fully saturated rings. The van der Waals surface area contributed by atoms with E-state index in [1.54, 1.807) is 12.0 Å². The number of carbonyl (C=O) groups excluding carboxylic acids is 1. The second-order valence-corrected chi connectivity index (χ2v) is 7.46. The summed E-state index contributed by atoms with van der Waals surface area (Å²) in [7, 11) is 3.71. The van der Waals surface area contributed by atoms with Gasteiger partial charge in [0.2, 0.25) is 0 Å². The molecule has 1 aromatic heterocycles. The molecular formula is C20H26N2O3. The van der Waals surface area contributed by atoms with Gasteiger partial charge in [0.25, 0.3) is 0 Å². The van der Waals surface area contributed by atoms with Crippen LogP contribution in [0.25, 0.3) is 16.5 Å². The number of hydrogen-bond acceptors (Lipinski definition) is 3. The fourth-order valence-corrected chi connectivity index (χ4v) is 3.18. The van der Waals surface area contributed by atoms with Crippen molar-refractivity contribution in [2.24, 2.45) is 7.05 Å². The van der Waals surface area contributed by atoms with Crippen molar-refractivity contribution in [3.8, 4) is 5.75 Å². The maximum Gasteiger partial charge on any atom is 0.410 e. The molecule has 25 heavy (non-hydrogen) atoms. The van der Waals surface area contributed by atoms with Crippen LogP contribution in [0.5, 0.6) is 5.75 Å². The molecule has 0 aliphatic carbocycles. The van der Waals surface area contributed by atoms with Gasteiger partial charge >= 0.3 is 6.09 Å². The minimum atomic E-state index is -0.481. The summed E-state index contributed by atoms with van der Waals surface area (Å²) >= 11 is 0. The van der Waals surface area contributed by atoms with Crippen LogP contribution >= 0.6 is 0 Å². The van der Waals surface area contributed by atoms with Gasteiger partial charge in [0.1, 0.15) is 11.4 Å². The maximum absolute atomic E-state index is 12.4. The summed E-state index contributed by atoms with van der Waals surface area (Å²) in [5.74, 6) is 0.834. The van der Waals surface area contributed by atoms with Crippen LogP contribution in [0, 0.1) is 0 Å². The third kappa shape index (κ3) is 3.65. The molecular weight excluding hydrogens is 316 g/mol. The Morgan fingerprint density at radius 1 is 1.24 bits per heavy atom. The second-order valence-electron chi connectivity index (χ2n) is 7.46. The number of rotatable bonds is 2. The van der Waals surface area contributed by atoms with E-state index >= 15 is 0 Å². The molecule has 0 atom stereocenters. The topological polar surface area (TPSA) is 43.7 Å². The van der Waals surface area contributed by atoms with Gasteiger partial charge < -0.3 is 18.9 Å². The lowest BCUT2D eigenvalue weighted by Gasteiger charge is -2.30. The zero-order valence-corrected chi connectivity index (χ0v) is 15.6. The first-order chi connectivity index (χ1) is 11.8. The summed E-state index contributed by atoms with van der Waals surface area (Å²) in [4.78, 5) is 14.2. The van der Waals surface area contributed by atoms with Gasteiger partial charge in [-0.15, -0.1) is 0 Å². The molecule has 0 N–H and O–H groups in total. The molecule has 1 aliphatic heterocycles. The SMILES string of the molecule is COc1ccc2c(c1)c(C1=CCCN(C(=O)OC(C)(C)C)C1)cn2C. The van der Waals surface area contributed by atoms with Crippen LogP contribution in [0.2, 0.25) is 0 Å². The maximum atomic E-state index is 12.4. The molecule has 0 spiro atoms. The zero-order valence-electron chi connectivity index (χ0n) is 15.6. The molecule has 1 aromatic carbocycles. The monoisotopic (exact) mass is 342 g/mol. The Morgan fingerprint density at radius 3 is 2.68 bits per heavy atom.